The number of thioether (sulfide) groups is 1. The van der Waals surface area contributed by atoms with Crippen molar-refractivity contribution in [3.63, 3.8) is 0 Å². The van der Waals surface area contributed by atoms with Crippen molar-refractivity contribution in [2.45, 2.75) is 42.0 Å². The molecule has 5 atom stereocenters. The van der Waals surface area contributed by atoms with Crippen molar-refractivity contribution in [2.24, 2.45) is 17.8 Å². The minimum Gasteiger partial charge on any atom is -0.497 e. The molecule has 2 fully saturated rings. The molecule has 0 saturated heterocycles. The lowest BCUT2D eigenvalue weighted by Crippen LogP contribution is -2.35. The molecule has 2 heterocycles. The van der Waals surface area contributed by atoms with Gasteiger partial charge >= 0.3 is 4.87 Å². The number of halogens is 2. The number of hydrogen-bond acceptors (Lipinski definition) is 5. The van der Waals surface area contributed by atoms with Crippen LogP contribution < -0.4 is 14.9 Å². The van der Waals surface area contributed by atoms with Gasteiger partial charge < -0.3 is 10.1 Å². The lowest BCUT2D eigenvalue weighted by molar-refractivity contribution is -0.116. The highest BCUT2D eigenvalue weighted by atomic mass is 35.5. The van der Waals surface area contributed by atoms with Gasteiger partial charge in [-0.15, -0.1) is 11.8 Å². The molecule has 6 rings (SSSR count). The predicted molar refractivity (Wildman–Crippen MR) is 142 cm³/mol. The van der Waals surface area contributed by atoms with Gasteiger partial charge in [-0.1, -0.05) is 46.7 Å². The van der Waals surface area contributed by atoms with E-state index in [1.807, 2.05) is 12.1 Å². The number of carbonyl (C=O) groups is 1. The van der Waals surface area contributed by atoms with Crippen LogP contribution in [0.2, 0.25) is 10.0 Å². The first-order valence-corrected chi connectivity index (χ1v) is 14.2. The van der Waals surface area contributed by atoms with Crippen LogP contribution >= 0.6 is 46.3 Å². The molecule has 1 aliphatic heterocycles. The van der Waals surface area contributed by atoms with Gasteiger partial charge in [0.1, 0.15) is 12.3 Å². The molecular formula is C26H24Cl2N2O3S2. The summed E-state index contributed by atoms with van der Waals surface area (Å²) in [6.45, 7) is -0.0226. The number of thiazole rings is 1. The predicted octanol–water partition coefficient (Wildman–Crippen LogP) is 6.52. The summed E-state index contributed by atoms with van der Waals surface area (Å²) in [7, 11) is 1.60. The van der Waals surface area contributed by atoms with E-state index >= 15 is 0 Å². The second-order valence-electron chi connectivity index (χ2n) is 9.51. The quantitative estimate of drug-likeness (QED) is 0.395. The molecule has 2 aromatic carbocycles. The van der Waals surface area contributed by atoms with E-state index in [0.29, 0.717) is 44.5 Å². The molecule has 182 valence electrons. The van der Waals surface area contributed by atoms with Crippen LogP contribution in [0.4, 0.5) is 5.69 Å². The summed E-state index contributed by atoms with van der Waals surface area (Å²) in [6.07, 6.45) is 3.70. The Bertz CT molecular complexity index is 1350. The number of amides is 1. The summed E-state index contributed by atoms with van der Waals surface area (Å²) in [5.41, 5.74) is 1.66. The fourth-order valence-corrected chi connectivity index (χ4v) is 9.78. The van der Waals surface area contributed by atoms with Crippen molar-refractivity contribution in [1.82, 2.24) is 4.57 Å². The van der Waals surface area contributed by atoms with E-state index in [4.69, 9.17) is 27.9 Å². The molecule has 0 radical (unpaired) electrons. The van der Waals surface area contributed by atoms with Gasteiger partial charge in [0, 0.05) is 21.7 Å². The second-order valence-corrected chi connectivity index (χ2v) is 12.5. The second kappa shape index (κ2) is 9.18. The Kier molecular flexibility index (Phi) is 6.16. The van der Waals surface area contributed by atoms with Crippen molar-refractivity contribution >= 4 is 57.9 Å². The number of benzene rings is 2. The molecule has 2 bridgehead atoms. The van der Waals surface area contributed by atoms with Crippen molar-refractivity contribution < 1.29 is 9.53 Å². The summed E-state index contributed by atoms with van der Waals surface area (Å²) >= 11 is 16.2. The Balaban J connectivity index is 1.36. The van der Waals surface area contributed by atoms with Gasteiger partial charge in [-0.25, -0.2) is 0 Å². The number of rotatable bonds is 5. The van der Waals surface area contributed by atoms with Gasteiger partial charge in [-0.05, 0) is 72.9 Å². The first-order chi connectivity index (χ1) is 16.9. The van der Waals surface area contributed by atoms with Crippen molar-refractivity contribution in [3.8, 4) is 5.75 Å². The van der Waals surface area contributed by atoms with E-state index in [1.54, 1.807) is 53.8 Å². The third kappa shape index (κ3) is 4.01. The first kappa shape index (κ1) is 23.5. The number of anilines is 1. The molecule has 35 heavy (non-hydrogen) atoms. The minimum atomic E-state index is -0.231. The van der Waals surface area contributed by atoms with Crippen molar-refractivity contribution in [2.75, 3.05) is 12.4 Å². The zero-order chi connectivity index (χ0) is 24.3. The standard InChI is InChI=1S/C26H24Cl2N2O3S2/c1-33-16-9-7-15(8-10-16)29-19(31)12-30-25-24(35-26(30)32)21(17-3-2-4-18(27)22(17)28)20-13-5-6-14(11-13)23(20)34-25/h2-4,7-10,13-14,20-21,23H,5-6,11-12H2,1H3,(H,29,31)/t13?,14?,20?,21-,23?/m0/s1. The molecule has 9 heteroatoms. The Hall–Kier alpha value is -1.93. The average molecular weight is 548 g/mol. The Morgan fingerprint density at radius 2 is 1.91 bits per heavy atom. The van der Waals surface area contributed by atoms with Crippen LogP contribution in [0.1, 0.15) is 35.6 Å². The molecule has 1 aromatic heterocycles. The number of nitrogens with zero attached hydrogens (tertiary/aromatic N) is 1. The highest BCUT2D eigenvalue weighted by molar-refractivity contribution is 8.00. The molecular weight excluding hydrogens is 523 g/mol. The molecule has 2 saturated carbocycles. The summed E-state index contributed by atoms with van der Waals surface area (Å²) < 4.78 is 6.83. The van der Waals surface area contributed by atoms with Crippen LogP contribution in [0.25, 0.3) is 0 Å². The average Bonchev–Trinajstić information content (AvgIpc) is 3.55. The topological polar surface area (TPSA) is 60.3 Å². The lowest BCUT2D eigenvalue weighted by Gasteiger charge is -2.40. The maximum atomic E-state index is 13.2. The van der Waals surface area contributed by atoms with Gasteiger partial charge in [-0.3, -0.25) is 14.2 Å². The highest BCUT2D eigenvalue weighted by Gasteiger charge is 2.55. The van der Waals surface area contributed by atoms with Gasteiger partial charge in [0.25, 0.3) is 0 Å². The normalized spacial score (nSPS) is 26.3. The van der Waals surface area contributed by atoms with E-state index in [1.165, 1.54) is 30.6 Å². The number of methoxy groups -OCH3 is 1. The van der Waals surface area contributed by atoms with E-state index in [9.17, 15) is 9.59 Å². The van der Waals surface area contributed by atoms with Crippen molar-refractivity contribution in [1.29, 1.82) is 0 Å². The summed E-state index contributed by atoms with van der Waals surface area (Å²) in [6, 6.07) is 12.9. The SMILES string of the molecule is COc1ccc(NC(=O)Cn2c3c(sc2=O)[C@@H](c2cccc(Cl)c2Cl)C2C4CCC(C4)C2S3)cc1. The molecule has 4 unspecified atom stereocenters. The molecule has 1 amide bonds. The van der Waals surface area contributed by atoms with Crippen LogP contribution in [0.3, 0.4) is 0 Å². The Morgan fingerprint density at radius 1 is 1.14 bits per heavy atom. The third-order valence-corrected chi connectivity index (χ3v) is 11.3. The molecule has 5 nitrogen and oxygen atoms in total. The van der Waals surface area contributed by atoms with Crippen LogP contribution in [0, 0.1) is 17.8 Å². The minimum absolute atomic E-state index is 0.0226. The van der Waals surface area contributed by atoms with Crippen molar-refractivity contribution in [3.05, 3.63) is 72.6 Å². The number of hydrogen-bond donors (Lipinski definition) is 1. The fraction of sp³-hybridized carbons (Fsp3) is 0.385. The maximum absolute atomic E-state index is 13.2. The van der Waals surface area contributed by atoms with E-state index < -0.39 is 0 Å². The molecule has 0 spiro atoms. The molecule has 1 N–H and O–H groups in total. The number of nitrogens with one attached hydrogen (secondary N) is 1. The monoisotopic (exact) mass is 546 g/mol. The molecule has 3 aromatic rings. The van der Waals surface area contributed by atoms with Gasteiger partial charge in [0.2, 0.25) is 5.91 Å². The van der Waals surface area contributed by atoms with E-state index in [2.05, 4.69) is 5.32 Å². The number of carbonyl (C=O) groups excluding carboxylic acids is 1. The number of ether oxygens (including phenoxy) is 1. The van der Waals surface area contributed by atoms with Crippen LogP contribution in [-0.4, -0.2) is 22.8 Å². The van der Waals surface area contributed by atoms with Gasteiger partial charge in [0.15, 0.2) is 0 Å². The summed E-state index contributed by atoms with van der Waals surface area (Å²) in [4.78, 5) is 27.1. The summed E-state index contributed by atoms with van der Waals surface area (Å²) in [5, 5.41) is 5.35. The third-order valence-electron chi connectivity index (χ3n) is 7.68. The van der Waals surface area contributed by atoms with E-state index in [-0.39, 0.29) is 23.2 Å². The highest BCUT2D eigenvalue weighted by Crippen LogP contribution is 2.64. The Morgan fingerprint density at radius 3 is 2.69 bits per heavy atom. The van der Waals surface area contributed by atoms with Crippen LogP contribution in [0.15, 0.2) is 52.3 Å². The van der Waals surface area contributed by atoms with Crippen LogP contribution in [0.5, 0.6) is 5.75 Å². The first-order valence-electron chi connectivity index (χ1n) is 11.7. The van der Waals surface area contributed by atoms with E-state index in [0.717, 1.165) is 15.5 Å². The van der Waals surface area contributed by atoms with Crippen LogP contribution in [-0.2, 0) is 11.3 Å². The molecule has 2 aliphatic carbocycles. The van der Waals surface area contributed by atoms with Gasteiger partial charge in [-0.2, -0.15) is 0 Å². The Labute approximate surface area is 221 Å². The zero-order valence-corrected chi connectivity index (χ0v) is 22.1. The number of aromatic nitrogens is 1. The number of fused-ring (bicyclic) bond motifs is 6. The largest absolute Gasteiger partial charge is 0.497 e. The fourth-order valence-electron chi connectivity index (χ4n) is 6.21. The zero-order valence-electron chi connectivity index (χ0n) is 19.0. The molecule has 3 aliphatic rings. The maximum Gasteiger partial charge on any atom is 0.308 e. The lowest BCUT2D eigenvalue weighted by atomic mass is 9.75. The summed E-state index contributed by atoms with van der Waals surface area (Å²) in [5.74, 6) is 2.22. The smallest absolute Gasteiger partial charge is 0.308 e. The van der Waals surface area contributed by atoms with Gasteiger partial charge in [0.05, 0.1) is 22.2 Å².